The lowest BCUT2D eigenvalue weighted by Crippen LogP contribution is -2.44. The number of benzene rings is 3. The van der Waals surface area contributed by atoms with Gasteiger partial charge in [0.05, 0.1) is 22.4 Å². The van der Waals surface area contributed by atoms with Crippen LogP contribution in [0.3, 0.4) is 0 Å². The summed E-state index contributed by atoms with van der Waals surface area (Å²) >= 11 is 0. The van der Waals surface area contributed by atoms with Gasteiger partial charge in [0.2, 0.25) is 0 Å². The minimum atomic E-state index is 0.0447. The molecule has 0 amide bonds. The van der Waals surface area contributed by atoms with Crippen LogP contribution in [0.2, 0.25) is 0 Å². The molecule has 6 nitrogen and oxygen atoms in total. The van der Waals surface area contributed by atoms with Crippen LogP contribution in [0.25, 0.3) is 22.4 Å². The standard InChI is InChI=1S/C26H28N6/c1-17-3-5-18(6-4-17)25-27-21-9-7-19(15-23(21)29-25)26-28-22-10-8-20(16-24(22)30-26)32-13-11-31(2)12-14-32/h3-10,15-16,26,28,30H,11-14H2,1-2H3,(H,27,29). The molecule has 0 radical (unpaired) electrons. The highest BCUT2D eigenvalue weighted by molar-refractivity contribution is 5.82. The topological polar surface area (TPSA) is 59.2 Å². The highest BCUT2D eigenvalue weighted by atomic mass is 15.3. The van der Waals surface area contributed by atoms with Gasteiger partial charge in [-0.1, -0.05) is 35.9 Å². The van der Waals surface area contributed by atoms with Crippen LogP contribution in [-0.4, -0.2) is 48.1 Å². The number of anilines is 3. The molecule has 1 fully saturated rings. The fourth-order valence-electron chi connectivity index (χ4n) is 4.61. The number of piperazine rings is 1. The highest BCUT2D eigenvalue weighted by Crippen LogP contribution is 2.38. The van der Waals surface area contributed by atoms with Gasteiger partial charge in [0.25, 0.3) is 0 Å². The number of nitrogens with one attached hydrogen (secondary N) is 3. The summed E-state index contributed by atoms with van der Waals surface area (Å²) in [6.45, 7) is 6.47. The third-order valence-corrected chi connectivity index (χ3v) is 6.64. The second-order valence-corrected chi connectivity index (χ2v) is 8.97. The zero-order valence-corrected chi connectivity index (χ0v) is 18.5. The molecule has 32 heavy (non-hydrogen) atoms. The Bertz CT molecular complexity index is 1270. The van der Waals surface area contributed by atoms with E-state index in [9.17, 15) is 0 Å². The summed E-state index contributed by atoms with van der Waals surface area (Å²) in [5.74, 6) is 0.907. The number of hydrogen-bond donors (Lipinski definition) is 3. The molecule has 1 aromatic heterocycles. The monoisotopic (exact) mass is 424 g/mol. The molecule has 6 heteroatoms. The van der Waals surface area contributed by atoms with Crippen molar-refractivity contribution in [3.05, 3.63) is 71.8 Å². The van der Waals surface area contributed by atoms with Crippen molar-refractivity contribution in [2.75, 3.05) is 48.8 Å². The van der Waals surface area contributed by atoms with Gasteiger partial charge in [-0.25, -0.2) is 4.98 Å². The third kappa shape index (κ3) is 3.46. The number of aromatic nitrogens is 2. The predicted octanol–water partition coefficient (Wildman–Crippen LogP) is 4.83. The van der Waals surface area contributed by atoms with Crippen molar-refractivity contribution in [3.8, 4) is 11.4 Å². The molecule has 162 valence electrons. The number of imidazole rings is 1. The van der Waals surface area contributed by atoms with E-state index in [0.717, 1.165) is 60.0 Å². The Morgan fingerprint density at radius 2 is 1.62 bits per heavy atom. The summed E-state index contributed by atoms with van der Waals surface area (Å²) in [5, 5.41) is 7.29. The van der Waals surface area contributed by atoms with Gasteiger partial charge in [-0.05, 0) is 49.9 Å². The first kappa shape index (κ1) is 19.2. The molecule has 4 aromatic rings. The van der Waals surface area contributed by atoms with E-state index < -0.39 is 0 Å². The molecular formula is C26H28N6. The molecule has 0 aliphatic carbocycles. The first-order valence-electron chi connectivity index (χ1n) is 11.3. The maximum Gasteiger partial charge on any atom is 0.138 e. The average Bonchev–Trinajstić information content (AvgIpc) is 3.43. The summed E-state index contributed by atoms with van der Waals surface area (Å²) in [6, 6.07) is 21.6. The Labute approximate surface area is 188 Å². The molecule has 3 aromatic carbocycles. The molecule has 0 saturated carbocycles. The Morgan fingerprint density at radius 1 is 0.844 bits per heavy atom. The number of fused-ring (bicyclic) bond motifs is 2. The molecule has 2 aliphatic heterocycles. The smallest absolute Gasteiger partial charge is 0.138 e. The summed E-state index contributed by atoms with van der Waals surface area (Å²) in [7, 11) is 2.19. The van der Waals surface area contributed by atoms with E-state index >= 15 is 0 Å². The van der Waals surface area contributed by atoms with Crippen LogP contribution in [0, 0.1) is 6.92 Å². The number of aromatic amines is 1. The SMILES string of the molecule is Cc1ccc(-c2nc3ccc(C4Nc5ccc(N6CCN(C)CC6)cc5N4)cc3[nH]2)cc1. The highest BCUT2D eigenvalue weighted by Gasteiger charge is 2.23. The minimum Gasteiger partial charge on any atom is -0.369 e. The van der Waals surface area contributed by atoms with E-state index in [1.807, 2.05) is 0 Å². The Hall–Kier alpha value is -3.51. The van der Waals surface area contributed by atoms with Gasteiger partial charge in [-0.2, -0.15) is 0 Å². The third-order valence-electron chi connectivity index (χ3n) is 6.64. The molecular weight excluding hydrogens is 396 g/mol. The Kier molecular flexibility index (Phi) is 4.54. The van der Waals surface area contributed by atoms with Gasteiger partial charge in [-0.15, -0.1) is 0 Å². The van der Waals surface area contributed by atoms with Crippen molar-refractivity contribution < 1.29 is 0 Å². The van der Waals surface area contributed by atoms with Gasteiger partial charge < -0.3 is 25.4 Å². The Morgan fingerprint density at radius 3 is 2.44 bits per heavy atom. The maximum absolute atomic E-state index is 4.78. The van der Waals surface area contributed by atoms with Crippen LogP contribution in [0.4, 0.5) is 17.1 Å². The Balaban J connectivity index is 1.23. The van der Waals surface area contributed by atoms with Crippen LogP contribution in [0.5, 0.6) is 0 Å². The molecule has 1 saturated heterocycles. The van der Waals surface area contributed by atoms with Crippen molar-refractivity contribution in [2.45, 2.75) is 13.1 Å². The van der Waals surface area contributed by atoms with Crippen molar-refractivity contribution in [2.24, 2.45) is 0 Å². The van der Waals surface area contributed by atoms with E-state index in [1.54, 1.807) is 0 Å². The van der Waals surface area contributed by atoms with Gasteiger partial charge in [-0.3, -0.25) is 0 Å². The second kappa shape index (κ2) is 7.57. The second-order valence-electron chi connectivity index (χ2n) is 8.97. The van der Waals surface area contributed by atoms with E-state index in [0.29, 0.717) is 0 Å². The van der Waals surface area contributed by atoms with Crippen LogP contribution in [-0.2, 0) is 0 Å². The molecule has 0 bridgehead atoms. The fraction of sp³-hybridized carbons (Fsp3) is 0.269. The summed E-state index contributed by atoms with van der Waals surface area (Å²) in [4.78, 5) is 13.1. The van der Waals surface area contributed by atoms with Crippen LogP contribution >= 0.6 is 0 Å². The molecule has 1 unspecified atom stereocenters. The lowest BCUT2D eigenvalue weighted by molar-refractivity contribution is 0.313. The van der Waals surface area contributed by atoms with E-state index in [4.69, 9.17) is 4.98 Å². The largest absolute Gasteiger partial charge is 0.369 e. The molecule has 1 atom stereocenters. The number of aryl methyl sites for hydroxylation is 1. The molecule has 6 rings (SSSR count). The maximum atomic E-state index is 4.78. The van der Waals surface area contributed by atoms with E-state index in [-0.39, 0.29) is 6.17 Å². The van der Waals surface area contributed by atoms with Crippen molar-refractivity contribution >= 4 is 28.1 Å². The molecule has 0 spiro atoms. The van der Waals surface area contributed by atoms with Crippen LogP contribution in [0.1, 0.15) is 17.3 Å². The van der Waals surface area contributed by atoms with Crippen LogP contribution < -0.4 is 15.5 Å². The van der Waals surface area contributed by atoms with Gasteiger partial charge in [0.1, 0.15) is 12.0 Å². The quantitative estimate of drug-likeness (QED) is 0.440. The summed E-state index contributed by atoms with van der Waals surface area (Å²) < 4.78 is 0. The number of nitrogens with zero attached hydrogens (tertiary/aromatic N) is 3. The fourth-order valence-corrected chi connectivity index (χ4v) is 4.61. The van der Waals surface area contributed by atoms with Gasteiger partial charge in [0, 0.05) is 37.4 Å². The van der Waals surface area contributed by atoms with E-state index in [2.05, 4.69) is 100 Å². The molecule has 2 aliphatic rings. The average molecular weight is 425 g/mol. The first-order valence-corrected chi connectivity index (χ1v) is 11.3. The lowest BCUT2D eigenvalue weighted by atomic mass is 10.1. The number of rotatable bonds is 3. The van der Waals surface area contributed by atoms with Gasteiger partial charge in [0.15, 0.2) is 0 Å². The normalized spacial score (nSPS) is 18.4. The molecule has 3 N–H and O–H groups in total. The number of hydrogen-bond acceptors (Lipinski definition) is 5. The van der Waals surface area contributed by atoms with Crippen molar-refractivity contribution in [1.29, 1.82) is 0 Å². The number of likely N-dealkylation sites (N-methyl/N-ethyl adjacent to an activating group) is 1. The minimum absolute atomic E-state index is 0.0447. The first-order chi connectivity index (χ1) is 15.6. The van der Waals surface area contributed by atoms with Gasteiger partial charge >= 0.3 is 0 Å². The van der Waals surface area contributed by atoms with Crippen molar-refractivity contribution in [3.63, 3.8) is 0 Å². The zero-order chi connectivity index (χ0) is 21.7. The summed E-state index contributed by atoms with van der Waals surface area (Å²) in [6.07, 6.45) is 0.0447. The van der Waals surface area contributed by atoms with E-state index in [1.165, 1.54) is 16.8 Å². The zero-order valence-electron chi connectivity index (χ0n) is 18.5. The summed E-state index contributed by atoms with van der Waals surface area (Å²) in [5.41, 5.74) is 9.19. The number of H-pyrrole nitrogens is 1. The molecule has 3 heterocycles. The lowest BCUT2D eigenvalue weighted by Gasteiger charge is -2.34. The van der Waals surface area contributed by atoms with Crippen molar-refractivity contribution in [1.82, 2.24) is 14.9 Å². The van der Waals surface area contributed by atoms with Crippen LogP contribution in [0.15, 0.2) is 60.7 Å². The predicted molar refractivity (Wildman–Crippen MR) is 132 cm³/mol.